The molecule has 94 valence electrons. The van der Waals surface area contributed by atoms with Gasteiger partial charge >= 0.3 is 5.97 Å². The van der Waals surface area contributed by atoms with Crippen LogP contribution in [0.2, 0.25) is 0 Å². The zero-order chi connectivity index (χ0) is 13.3. The zero-order valence-corrected chi connectivity index (χ0v) is 11.2. The average molecular weight is 311 g/mol. The highest BCUT2D eigenvalue weighted by molar-refractivity contribution is 9.10. The maximum absolute atomic E-state index is 11.9. The normalized spacial score (nSPS) is 10.6. The highest BCUT2D eigenvalue weighted by Gasteiger charge is 2.19. The number of aromatic amines is 1. The number of pyridine rings is 1. The maximum Gasteiger partial charge on any atom is 0.345 e. The minimum absolute atomic E-state index is 0.133. The van der Waals surface area contributed by atoms with Gasteiger partial charge in [-0.05, 0) is 28.9 Å². The molecule has 1 aromatic heterocycles. The van der Waals surface area contributed by atoms with E-state index in [0.717, 1.165) is 0 Å². The van der Waals surface area contributed by atoms with Crippen molar-refractivity contribution in [2.75, 3.05) is 12.3 Å². The van der Waals surface area contributed by atoms with Crippen molar-refractivity contribution in [1.82, 2.24) is 4.98 Å². The molecule has 0 unspecified atom stereocenters. The summed E-state index contributed by atoms with van der Waals surface area (Å²) in [4.78, 5) is 26.2. The van der Waals surface area contributed by atoms with Crippen molar-refractivity contribution < 1.29 is 9.53 Å². The van der Waals surface area contributed by atoms with Crippen molar-refractivity contribution >= 4 is 38.5 Å². The van der Waals surface area contributed by atoms with Crippen LogP contribution in [0.3, 0.4) is 0 Å². The van der Waals surface area contributed by atoms with Crippen LogP contribution in [-0.4, -0.2) is 17.6 Å². The molecule has 0 aliphatic heterocycles. The van der Waals surface area contributed by atoms with Crippen LogP contribution in [-0.2, 0) is 4.74 Å². The molecule has 0 atom stereocenters. The minimum Gasteiger partial charge on any atom is -0.462 e. The second-order valence-electron chi connectivity index (χ2n) is 3.63. The Kier molecular flexibility index (Phi) is 3.38. The van der Waals surface area contributed by atoms with Gasteiger partial charge < -0.3 is 15.5 Å². The lowest BCUT2D eigenvalue weighted by Gasteiger charge is -2.08. The van der Waals surface area contributed by atoms with E-state index in [1.54, 1.807) is 25.1 Å². The number of nitrogen functional groups attached to an aromatic ring is 1. The van der Waals surface area contributed by atoms with Gasteiger partial charge in [0.25, 0.3) is 5.56 Å². The maximum atomic E-state index is 11.9. The summed E-state index contributed by atoms with van der Waals surface area (Å²) in [5.74, 6) is -0.710. The molecule has 0 saturated heterocycles. The number of benzene rings is 1. The molecule has 1 heterocycles. The van der Waals surface area contributed by atoms with E-state index in [9.17, 15) is 9.59 Å². The third-order valence-electron chi connectivity index (χ3n) is 2.52. The number of hydrogen-bond donors (Lipinski definition) is 2. The van der Waals surface area contributed by atoms with E-state index in [2.05, 4.69) is 20.9 Å². The minimum atomic E-state index is -0.710. The molecule has 1 aromatic carbocycles. The van der Waals surface area contributed by atoms with E-state index in [1.807, 2.05) is 0 Å². The number of rotatable bonds is 2. The summed E-state index contributed by atoms with van der Waals surface area (Å²) in [6.45, 7) is 1.86. The Hall–Kier alpha value is -1.82. The quantitative estimate of drug-likeness (QED) is 0.831. The molecular weight excluding hydrogens is 300 g/mol. The van der Waals surface area contributed by atoms with Gasteiger partial charge in [0, 0.05) is 9.86 Å². The Morgan fingerprint density at radius 1 is 1.50 bits per heavy atom. The Labute approximate surface area is 111 Å². The van der Waals surface area contributed by atoms with Gasteiger partial charge in [-0.1, -0.05) is 12.1 Å². The fraction of sp³-hybridized carbons (Fsp3) is 0.167. The van der Waals surface area contributed by atoms with Gasteiger partial charge in [0.15, 0.2) is 0 Å². The first-order valence-electron chi connectivity index (χ1n) is 5.33. The van der Waals surface area contributed by atoms with Gasteiger partial charge in [-0.3, -0.25) is 4.79 Å². The number of halogens is 1. The number of aromatic nitrogens is 1. The molecule has 0 fully saturated rings. The number of carbonyl (C=O) groups is 1. The molecular formula is C12H11BrN2O3. The van der Waals surface area contributed by atoms with Crippen molar-refractivity contribution in [2.24, 2.45) is 0 Å². The van der Waals surface area contributed by atoms with Crippen LogP contribution in [0.1, 0.15) is 17.3 Å². The number of hydrogen-bond acceptors (Lipinski definition) is 4. The van der Waals surface area contributed by atoms with Crippen LogP contribution in [0.15, 0.2) is 27.5 Å². The Balaban J connectivity index is 2.78. The van der Waals surface area contributed by atoms with Crippen LogP contribution in [0.25, 0.3) is 10.9 Å². The highest BCUT2D eigenvalue weighted by Crippen LogP contribution is 2.26. The van der Waals surface area contributed by atoms with Gasteiger partial charge in [-0.15, -0.1) is 0 Å². The van der Waals surface area contributed by atoms with Crippen LogP contribution in [0.5, 0.6) is 0 Å². The predicted molar refractivity (Wildman–Crippen MR) is 72.6 cm³/mol. The molecule has 0 aliphatic rings. The van der Waals surface area contributed by atoms with Crippen molar-refractivity contribution in [3.63, 3.8) is 0 Å². The average Bonchev–Trinajstić information content (AvgIpc) is 2.31. The second-order valence-corrected chi connectivity index (χ2v) is 4.48. The van der Waals surface area contributed by atoms with Gasteiger partial charge in [-0.2, -0.15) is 0 Å². The van der Waals surface area contributed by atoms with Gasteiger partial charge in [0.2, 0.25) is 0 Å². The van der Waals surface area contributed by atoms with E-state index >= 15 is 0 Å². The number of ether oxygens (including phenoxy) is 1. The lowest BCUT2D eigenvalue weighted by atomic mass is 10.1. The fourth-order valence-corrected chi connectivity index (χ4v) is 2.18. The van der Waals surface area contributed by atoms with Gasteiger partial charge in [-0.25, -0.2) is 4.79 Å². The lowest BCUT2D eigenvalue weighted by Crippen LogP contribution is -2.22. The number of fused-ring (bicyclic) bond motifs is 1. The van der Waals surface area contributed by atoms with Crippen LogP contribution < -0.4 is 11.3 Å². The first kappa shape index (κ1) is 12.6. The Bertz CT molecular complexity index is 679. The molecule has 2 rings (SSSR count). The summed E-state index contributed by atoms with van der Waals surface area (Å²) >= 11 is 3.32. The summed E-state index contributed by atoms with van der Waals surface area (Å²) in [5.41, 5.74) is 5.87. The number of esters is 1. The second kappa shape index (κ2) is 4.81. The predicted octanol–water partition coefficient (Wildman–Crippen LogP) is 2.05. The number of H-pyrrole nitrogens is 1. The number of carbonyl (C=O) groups excluding carboxylic acids is 1. The van der Waals surface area contributed by atoms with E-state index < -0.39 is 11.5 Å². The Morgan fingerprint density at radius 3 is 2.89 bits per heavy atom. The van der Waals surface area contributed by atoms with Crippen LogP contribution in [0, 0.1) is 0 Å². The van der Waals surface area contributed by atoms with Gasteiger partial charge in [0.1, 0.15) is 5.56 Å². The summed E-state index contributed by atoms with van der Waals surface area (Å²) in [6.07, 6.45) is 0. The molecule has 0 amide bonds. The topological polar surface area (TPSA) is 85.2 Å². The molecule has 2 aromatic rings. The molecule has 5 nitrogen and oxygen atoms in total. The van der Waals surface area contributed by atoms with Crippen molar-refractivity contribution in [1.29, 1.82) is 0 Å². The molecule has 0 saturated carbocycles. The largest absolute Gasteiger partial charge is 0.462 e. The molecule has 6 heteroatoms. The van der Waals surface area contributed by atoms with Gasteiger partial charge in [0.05, 0.1) is 17.8 Å². The third-order valence-corrected chi connectivity index (χ3v) is 3.18. The Morgan fingerprint density at radius 2 is 2.22 bits per heavy atom. The first-order valence-corrected chi connectivity index (χ1v) is 6.12. The summed E-state index contributed by atoms with van der Waals surface area (Å²) in [5, 5.41) is 0.604. The molecule has 0 aliphatic carbocycles. The third kappa shape index (κ3) is 1.99. The van der Waals surface area contributed by atoms with E-state index in [4.69, 9.17) is 10.5 Å². The smallest absolute Gasteiger partial charge is 0.345 e. The van der Waals surface area contributed by atoms with Crippen LogP contribution in [0.4, 0.5) is 5.69 Å². The first-order chi connectivity index (χ1) is 8.56. The van der Waals surface area contributed by atoms with E-state index in [-0.39, 0.29) is 17.9 Å². The molecule has 0 bridgehead atoms. The molecule has 18 heavy (non-hydrogen) atoms. The number of nitrogens with two attached hydrogens (primary N) is 1. The SMILES string of the molecule is CCOC(=O)c1c(N)c2cccc(Br)c2[nH]c1=O. The number of anilines is 1. The monoisotopic (exact) mass is 310 g/mol. The summed E-state index contributed by atoms with van der Waals surface area (Å²) in [7, 11) is 0. The van der Waals surface area contributed by atoms with E-state index in [1.165, 1.54) is 0 Å². The van der Waals surface area contributed by atoms with Crippen molar-refractivity contribution in [2.45, 2.75) is 6.92 Å². The number of nitrogens with one attached hydrogen (secondary N) is 1. The highest BCUT2D eigenvalue weighted by atomic mass is 79.9. The van der Waals surface area contributed by atoms with Crippen molar-refractivity contribution in [3.8, 4) is 0 Å². The molecule has 0 spiro atoms. The standard InChI is InChI=1S/C12H11BrN2O3/c1-2-18-12(17)8-9(14)6-4-3-5-7(13)10(6)15-11(8)16/h3-5H,2H2,1H3,(H3,14,15,16). The van der Waals surface area contributed by atoms with Crippen LogP contribution >= 0.6 is 15.9 Å². The van der Waals surface area contributed by atoms with Crippen molar-refractivity contribution in [3.05, 3.63) is 38.6 Å². The zero-order valence-electron chi connectivity index (χ0n) is 9.62. The number of para-hydroxylation sites is 1. The summed E-state index contributed by atoms with van der Waals surface area (Å²) in [6, 6.07) is 5.28. The van der Waals surface area contributed by atoms with E-state index in [0.29, 0.717) is 15.4 Å². The summed E-state index contributed by atoms with van der Waals surface area (Å²) < 4.78 is 5.53. The molecule has 0 radical (unpaired) electrons. The molecule has 3 N–H and O–H groups in total. The lowest BCUT2D eigenvalue weighted by molar-refractivity contribution is 0.0526. The fourth-order valence-electron chi connectivity index (χ4n) is 1.71.